The highest BCUT2D eigenvalue weighted by Crippen LogP contribution is 2.43. The van der Waals surface area contributed by atoms with Crippen LogP contribution in [-0.2, 0) is 18.4 Å². The third kappa shape index (κ3) is 55.2. The van der Waals surface area contributed by atoms with Gasteiger partial charge in [0, 0.05) is 6.42 Å². The molecular weight excluding hydrogens is 912 g/mol. The minimum Gasteiger partial charge on any atom is -0.387 e. The second-order valence-electron chi connectivity index (χ2n) is 21.0. The van der Waals surface area contributed by atoms with Crippen LogP contribution < -0.4 is 5.32 Å². The highest BCUT2D eigenvalue weighted by atomic mass is 31.2. The minimum atomic E-state index is -4.36. The number of quaternary nitrogens is 1. The number of phosphoric ester groups is 1. The summed E-state index contributed by atoms with van der Waals surface area (Å²) >= 11 is 0. The Labute approximate surface area is 445 Å². The van der Waals surface area contributed by atoms with Crippen LogP contribution in [0.25, 0.3) is 0 Å². The Morgan fingerprint density at radius 3 is 1.22 bits per heavy atom. The summed E-state index contributed by atoms with van der Waals surface area (Å²) in [5, 5.41) is 13.9. The topological polar surface area (TPSA) is 105 Å². The molecule has 9 heteroatoms. The van der Waals surface area contributed by atoms with Gasteiger partial charge in [-0.05, 0) is 77.0 Å². The van der Waals surface area contributed by atoms with Crippen LogP contribution in [0.2, 0.25) is 0 Å². The molecule has 3 unspecified atom stereocenters. The fourth-order valence-electron chi connectivity index (χ4n) is 8.20. The third-order valence-electron chi connectivity index (χ3n) is 12.8. The number of carbonyl (C=O) groups excluding carboxylic acids is 1. The van der Waals surface area contributed by atoms with Gasteiger partial charge in [0.25, 0.3) is 0 Å². The molecule has 1 amide bonds. The van der Waals surface area contributed by atoms with Crippen molar-refractivity contribution in [2.24, 2.45) is 0 Å². The van der Waals surface area contributed by atoms with Crippen LogP contribution >= 0.6 is 7.82 Å². The SMILES string of the molecule is CC/C=C\C/C=C\C/C=C\C/C=C\C/C=C\C/C=C\C/C=C\CCCCCCCCCCCC(=O)NC(COP(=O)(O)OCC[N+](C)(C)C)C(O)/C=C/CCCCCCCCCCCCCCCCCCC. The first-order valence-electron chi connectivity index (χ1n) is 29.6. The van der Waals surface area contributed by atoms with Crippen LogP contribution in [0.5, 0.6) is 0 Å². The monoisotopic (exact) mass is 1030 g/mol. The van der Waals surface area contributed by atoms with Crippen LogP contribution in [0.1, 0.15) is 245 Å². The number of rotatable bonds is 53. The Kier molecular flexibility index (Phi) is 51.3. The van der Waals surface area contributed by atoms with E-state index in [0.717, 1.165) is 89.9 Å². The number of aliphatic hydroxyl groups is 1. The van der Waals surface area contributed by atoms with Gasteiger partial charge in [-0.1, -0.05) is 259 Å². The van der Waals surface area contributed by atoms with Gasteiger partial charge in [0.1, 0.15) is 13.2 Å². The molecule has 3 atom stereocenters. The van der Waals surface area contributed by atoms with E-state index >= 15 is 0 Å². The molecule has 0 aromatic heterocycles. The van der Waals surface area contributed by atoms with E-state index in [1.165, 1.54) is 135 Å². The number of hydrogen-bond donors (Lipinski definition) is 3. The molecule has 3 N–H and O–H groups in total. The van der Waals surface area contributed by atoms with E-state index in [1.54, 1.807) is 6.08 Å². The van der Waals surface area contributed by atoms with Gasteiger partial charge in [0.05, 0.1) is 39.9 Å². The molecule has 0 radical (unpaired) electrons. The second-order valence-corrected chi connectivity index (χ2v) is 22.4. The van der Waals surface area contributed by atoms with Crippen molar-refractivity contribution in [3.8, 4) is 0 Å². The van der Waals surface area contributed by atoms with E-state index in [1.807, 2.05) is 27.2 Å². The van der Waals surface area contributed by atoms with Crippen molar-refractivity contribution in [2.45, 2.75) is 257 Å². The van der Waals surface area contributed by atoms with Gasteiger partial charge in [0.15, 0.2) is 0 Å². The molecule has 0 spiro atoms. The number of nitrogens with zero attached hydrogens (tertiary/aromatic N) is 1. The predicted molar refractivity (Wildman–Crippen MR) is 313 cm³/mol. The van der Waals surface area contributed by atoms with Crippen LogP contribution in [0, 0.1) is 0 Å². The predicted octanol–water partition coefficient (Wildman–Crippen LogP) is 18.2. The summed E-state index contributed by atoms with van der Waals surface area (Å²) in [6.45, 7) is 4.71. The summed E-state index contributed by atoms with van der Waals surface area (Å²) in [5.41, 5.74) is 0. The zero-order valence-corrected chi connectivity index (χ0v) is 48.3. The molecule has 0 fully saturated rings. The average Bonchev–Trinajstić information content (AvgIpc) is 3.34. The molecule has 416 valence electrons. The van der Waals surface area contributed by atoms with Crippen molar-refractivity contribution >= 4 is 13.7 Å². The standard InChI is InChI=1S/C63H113N2O6P/c1-6-8-10-12-14-16-18-20-22-24-26-27-28-29-30-31-32-33-34-35-36-37-39-41-43-45-47-49-51-53-55-57-63(67)64-61(60-71-72(68,69)70-59-58-65(3,4)5)62(66)56-54-52-50-48-46-44-42-40-38-25-23-21-19-17-15-13-11-9-7-2/h8,10,14,16,20,22,26-27,29-30,32-33,35-36,54,56,61-62,66H,6-7,9,11-13,15,17-19,21,23-25,28,31,34,37-53,55,57-60H2,1-5H3,(H-,64,67,68,69)/p+1/b10-8-,16-14-,22-20-,27-26-,30-29-,33-32-,36-35-,56-54+. The van der Waals surface area contributed by atoms with Crippen LogP contribution in [-0.4, -0.2) is 73.4 Å². The zero-order valence-electron chi connectivity index (χ0n) is 47.4. The van der Waals surface area contributed by atoms with Gasteiger partial charge in [0.2, 0.25) is 5.91 Å². The van der Waals surface area contributed by atoms with Crippen molar-refractivity contribution in [1.29, 1.82) is 0 Å². The van der Waals surface area contributed by atoms with Gasteiger partial charge in [-0.15, -0.1) is 0 Å². The number of aliphatic hydroxyl groups excluding tert-OH is 1. The Morgan fingerprint density at radius 2 is 0.833 bits per heavy atom. The fourth-order valence-corrected chi connectivity index (χ4v) is 8.93. The first-order valence-corrected chi connectivity index (χ1v) is 31.1. The fraction of sp³-hybridized carbons (Fsp3) is 0.730. The average molecular weight is 1030 g/mol. The summed E-state index contributed by atoms with van der Waals surface area (Å²) in [4.78, 5) is 23.3. The number of nitrogens with one attached hydrogen (secondary N) is 1. The zero-order chi connectivity index (χ0) is 52.7. The van der Waals surface area contributed by atoms with Crippen molar-refractivity contribution in [2.75, 3.05) is 40.9 Å². The van der Waals surface area contributed by atoms with E-state index in [2.05, 4.69) is 104 Å². The lowest BCUT2D eigenvalue weighted by Gasteiger charge is -2.25. The highest BCUT2D eigenvalue weighted by Gasteiger charge is 2.27. The summed E-state index contributed by atoms with van der Waals surface area (Å²) in [5.74, 6) is -0.186. The molecule has 8 nitrogen and oxygen atoms in total. The maximum atomic E-state index is 13.0. The lowest BCUT2D eigenvalue weighted by Crippen LogP contribution is -2.45. The summed E-state index contributed by atoms with van der Waals surface area (Å²) in [6.07, 6.45) is 76.4. The second kappa shape index (κ2) is 53.3. The maximum Gasteiger partial charge on any atom is 0.472 e. The smallest absolute Gasteiger partial charge is 0.387 e. The van der Waals surface area contributed by atoms with Gasteiger partial charge >= 0.3 is 7.82 Å². The largest absolute Gasteiger partial charge is 0.472 e. The molecule has 0 aliphatic carbocycles. The Bertz CT molecular complexity index is 1490. The molecule has 0 rings (SSSR count). The van der Waals surface area contributed by atoms with E-state index in [-0.39, 0.29) is 19.1 Å². The number of carbonyl (C=O) groups is 1. The number of hydrogen-bond acceptors (Lipinski definition) is 5. The molecule has 0 bridgehead atoms. The minimum absolute atomic E-state index is 0.0561. The first-order chi connectivity index (χ1) is 35.0. The lowest BCUT2D eigenvalue weighted by atomic mass is 10.0. The maximum absolute atomic E-state index is 13.0. The number of unbranched alkanes of at least 4 members (excludes halogenated alkanes) is 26. The lowest BCUT2D eigenvalue weighted by molar-refractivity contribution is -0.870. The molecule has 72 heavy (non-hydrogen) atoms. The van der Waals surface area contributed by atoms with Crippen LogP contribution in [0.15, 0.2) is 97.2 Å². The highest BCUT2D eigenvalue weighted by molar-refractivity contribution is 7.47. The van der Waals surface area contributed by atoms with Crippen molar-refractivity contribution in [3.63, 3.8) is 0 Å². The van der Waals surface area contributed by atoms with Crippen LogP contribution in [0.3, 0.4) is 0 Å². The van der Waals surface area contributed by atoms with Gasteiger partial charge in [-0.25, -0.2) is 4.57 Å². The van der Waals surface area contributed by atoms with E-state index in [9.17, 15) is 19.4 Å². The third-order valence-corrected chi connectivity index (χ3v) is 13.8. The normalized spacial score (nSPS) is 14.6. The Hall–Kier alpha value is -2.58. The van der Waals surface area contributed by atoms with Crippen LogP contribution in [0.4, 0.5) is 0 Å². The molecule has 0 aromatic rings. The van der Waals surface area contributed by atoms with Gasteiger partial charge in [-0.2, -0.15) is 0 Å². The number of amides is 1. The Balaban J connectivity index is 4.22. The number of likely N-dealkylation sites (N-methyl/N-ethyl adjacent to an activating group) is 1. The van der Waals surface area contributed by atoms with E-state index in [4.69, 9.17) is 9.05 Å². The molecule has 0 saturated heterocycles. The van der Waals surface area contributed by atoms with E-state index in [0.29, 0.717) is 17.4 Å². The van der Waals surface area contributed by atoms with Crippen molar-refractivity contribution < 1.29 is 32.9 Å². The van der Waals surface area contributed by atoms with Crippen molar-refractivity contribution in [3.05, 3.63) is 97.2 Å². The molecule has 0 aromatic carbocycles. The molecule has 0 saturated carbocycles. The molecular formula is C63H114N2O6P+. The summed E-state index contributed by atoms with van der Waals surface area (Å²) < 4.78 is 23.7. The van der Waals surface area contributed by atoms with Crippen molar-refractivity contribution in [1.82, 2.24) is 5.32 Å². The summed E-state index contributed by atoms with van der Waals surface area (Å²) in [6, 6.07) is -0.857. The quantitative estimate of drug-likeness (QED) is 0.0243. The molecule has 0 aliphatic rings. The van der Waals surface area contributed by atoms with E-state index < -0.39 is 20.0 Å². The van der Waals surface area contributed by atoms with Gasteiger partial charge in [-0.3, -0.25) is 13.8 Å². The number of phosphoric acid groups is 1. The molecule has 0 heterocycles. The first kappa shape index (κ1) is 69.4. The summed E-state index contributed by atoms with van der Waals surface area (Å²) in [7, 11) is 1.56. The number of allylic oxidation sites excluding steroid dienone is 15. The van der Waals surface area contributed by atoms with Gasteiger partial charge < -0.3 is 19.8 Å². The molecule has 0 aliphatic heterocycles. The Morgan fingerprint density at radius 1 is 0.486 bits per heavy atom.